The standard InChI is InChI=1S/C16H14FN3O3S/c17-11-3-1-10(2-4-11)12-7-20-13(18-12)5-6-19(16(20)22)14-9-24-15(8-21)23-14/h1-7,14-15,21H,8-9H2/t14-,15+/m0/s1. The molecule has 1 saturated heterocycles. The third-order valence-electron chi connectivity index (χ3n) is 3.88. The fraction of sp³-hybridized carbons (Fsp3) is 0.250. The molecule has 0 spiro atoms. The van der Waals surface area contributed by atoms with Crippen LogP contribution in [0.1, 0.15) is 6.23 Å². The second kappa shape index (κ2) is 6.04. The number of rotatable bonds is 3. The van der Waals surface area contributed by atoms with Crippen LogP contribution in [0.25, 0.3) is 16.9 Å². The highest BCUT2D eigenvalue weighted by Gasteiger charge is 2.27. The fourth-order valence-corrected chi connectivity index (χ4v) is 3.60. The van der Waals surface area contributed by atoms with E-state index >= 15 is 0 Å². The van der Waals surface area contributed by atoms with Gasteiger partial charge in [-0.25, -0.2) is 14.2 Å². The number of hydrogen-bond donors (Lipinski definition) is 1. The topological polar surface area (TPSA) is 68.8 Å². The number of ether oxygens (including phenoxy) is 1. The van der Waals surface area contributed by atoms with Crippen LogP contribution in [0.4, 0.5) is 4.39 Å². The molecule has 124 valence electrons. The van der Waals surface area contributed by atoms with E-state index in [1.807, 2.05) is 0 Å². The van der Waals surface area contributed by atoms with Gasteiger partial charge in [-0.15, -0.1) is 11.8 Å². The van der Waals surface area contributed by atoms with Crippen molar-refractivity contribution in [2.75, 3.05) is 12.4 Å². The van der Waals surface area contributed by atoms with Crippen molar-refractivity contribution in [3.8, 4) is 11.3 Å². The molecule has 6 nitrogen and oxygen atoms in total. The number of hydrogen-bond acceptors (Lipinski definition) is 5. The van der Waals surface area contributed by atoms with Gasteiger partial charge < -0.3 is 9.84 Å². The molecule has 2 aromatic heterocycles. The molecule has 1 aliphatic heterocycles. The van der Waals surface area contributed by atoms with Gasteiger partial charge in [-0.2, -0.15) is 0 Å². The Balaban J connectivity index is 1.74. The number of nitrogens with zero attached hydrogens (tertiary/aromatic N) is 3. The van der Waals surface area contributed by atoms with E-state index in [-0.39, 0.29) is 23.5 Å². The maximum Gasteiger partial charge on any atom is 0.336 e. The molecule has 8 heteroatoms. The van der Waals surface area contributed by atoms with E-state index in [1.165, 1.54) is 32.9 Å². The molecule has 0 aliphatic carbocycles. The quantitative estimate of drug-likeness (QED) is 0.783. The number of thioether (sulfide) groups is 1. The van der Waals surface area contributed by atoms with Crippen LogP contribution in [0, 0.1) is 5.82 Å². The molecule has 1 fully saturated rings. The molecule has 3 heterocycles. The molecule has 0 radical (unpaired) electrons. The van der Waals surface area contributed by atoms with Crippen LogP contribution in [-0.4, -0.2) is 36.9 Å². The second-order valence-corrected chi connectivity index (χ2v) is 6.60. The maximum absolute atomic E-state index is 13.0. The molecular weight excluding hydrogens is 333 g/mol. The monoisotopic (exact) mass is 347 g/mol. The minimum atomic E-state index is -0.416. The summed E-state index contributed by atoms with van der Waals surface area (Å²) in [7, 11) is 0. The van der Waals surface area contributed by atoms with E-state index in [4.69, 9.17) is 9.84 Å². The molecule has 0 amide bonds. The summed E-state index contributed by atoms with van der Waals surface area (Å²) in [6.45, 7) is -0.0854. The molecule has 0 unspecified atom stereocenters. The Morgan fingerprint density at radius 2 is 2.12 bits per heavy atom. The lowest BCUT2D eigenvalue weighted by Gasteiger charge is -2.13. The summed E-state index contributed by atoms with van der Waals surface area (Å²) in [5.74, 6) is 0.273. The molecule has 1 aromatic carbocycles. The first-order valence-electron chi connectivity index (χ1n) is 7.40. The zero-order valence-electron chi connectivity index (χ0n) is 12.5. The van der Waals surface area contributed by atoms with Crippen molar-refractivity contribution < 1.29 is 14.2 Å². The highest BCUT2D eigenvalue weighted by Crippen LogP contribution is 2.30. The van der Waals surface area contributed by atoms with Crippen molar-refractivity contribution in [2.24, 2.45) is 0 Å². The third kappa shape index (κ3) is 2.62. The predicted molar refractivity (Wildman–Crippen MR) is 88.3 cm³/mol. The van der Waals surface area contributed by atoms with E-state index in [2.05, 4.69) is 4.98 Å². The molecule has 2 atom stereocenters. The summed E-state index contributed by atoms with van der Waals surface area (Å²) < 4.78 is 21.6. The van der Waals surface area contributed by atoms with Crippen LogP contribution in [0.2, 0.25) is 0 Å². The summed E-state index contributed by atoms with van der Waals surface area (Å²) in [5, 5.41) is 9.15. The Hall–Kier alpha value is -2.16. The summed E-state index contributed by atoms with van der Waals surface area (Å²) in [6.07, 6.45) is 2.86. The number of aromatic nitrogens is 3. The zero-order valence-corrected chi connectivity index (χ0v) is 13.3. The van der Waals surface area contributed by atoms with Gasteiger partial charge in [0.15, 0.2) is 0 Å². The van der Waals surface area contributed by atoms with Crippen LogP contribution >= 0.6 is 11.8 Å². The van der Waals surface area contributed by atoms with Gasteiger partial charge in [-0.05, 0) is 30.3 Å². The third-order valence-corrected chi connectivity index (χ3v) is 4.99. The zero-order chi connectivity index (χ0) is 16.7. The number of imidazole rings is 1. The highest BCUT2D eigenvalue weighted by atomic mass is 32.2. The fourth-order valence-electron chi connectivity index (χ4n) is 2.66. The number of aliphatic hydroxyl groups excluding tert-OH is 1. The first-order valence-corrected chi connectivity index (χ1v) is 8.45. The van der Waals surface area contributed by atoms with E-state index in [9.17, 15) is 9.18 Å². The number of benzene rings is 1. The van der Waals surface area contributed by atoms with Crippen molar-refractivity contribution in [1.82, 2.24) is 14.0 Å². The van der Waals surface area contributed by atoms with E-state index in [0.717, 1.165) is 5.56 Å². The van der Waals surface area contributed by atoms with Crippen LogP contribution < -0.4 is 5.69 Å². The highest BCUT2D eigenvalue weighted by molar-refractivity contribution is 8.00. The lowest BCUT2D eigenvalue weighted by atomic mass is 10.2. The van der Waals surface area contributed by atoms with Crippen LogP contribution in [-0.2, 0) is 4.74 Å². The van der Waals surface area contributed by atoms with Crippen molar-refractivity contribution in [1.29, 1.82) is 0 Å². The first kappa shape index (κ1) is 15.4. The molecule has 24 heavy (non-hydrogen) atoms. The summed E-state index contributed by atoms with van der Waals surface area (Å²) in [4.78, 5) is 17.1. The SMILES string of the molecule is O=c1n([C@@H]2CS[C@H](CO)O2)ccc2nc(-c3ccc(F)cc3)cn12. The normalized spacial score (nSPS) is 20.8. The van der Waals surface area contributed by atoms with E-state index in [0.29, 0.717) is 17.1 Å². The Labute approximate surface area is 140 Å². The smallest absolute Gasteiger partial charge is 0.336 e. The molecule has 1 aliphatic rings. The van der Waals surface area contributed by atoms with Crippen molar-refractivity contribution >= 4 is 17.4 Å². The van der Waals surface area contributed by atoms with Crippen molar-refractivity contribution in [2.45, 2.75) is 11.7 Å². The molecule has 3 aromatic rings. The minimum Gasteiger partial charge on any atom is -0.393 e. The summed E-state index contributed by atoms with van der Waals surface area (Å²) >= 11 is 1.47. The number of fused-ring (bicyclic) bond motifs is 1. The molecular formula is C16H14FN3O3S. The largest absolute Gasteiger partial charge is 0.393 e. The van der Waals surface area contributed by atoms with Crippen molar-refractivity contribution in [3.05, 3.63) is 59.0 Å². The Morgan fingerprint density at radius 1 is 1.33 bits per heavy atom. The molecule has 0 bridgehead atoms. The predicted octanol–water partition coefficient (Wildman–Crippen LogP) is 1.88. The van der Waals surface area contributed by atoms with Gasteiger partial charge in [0, 0.05) is 23.7 Å². The Kier molecular flexibility index (Phi) is 3.87. The lowest BCUT2D eigenvalue weighted by molar-refractivity contribution is -0.00647. The molecule has 0 saturated carbocycles. The van der Waals surface area contributed by atoms with Crippen LogP contribution in [0.3, 0.4) is 0 Å². The average Bonchev–Trinajstić information content (AvgIpc) is 3.23. The second-order valence-electron chi connectivity index (χ2n) is 5.40. The van der Waals surface area contributed by atoms with Gasteiger partial charge in [-0.1, -0.05) is 0 Å². The average molecular weight is 347 g/mol. The van der Waals surface area contributed by atoms with Crippen molar-refractivity contribution in [3.63, 3.8) is 0 Å². The lowest BCUT2D eigenvalue weighted by Crippen LogP contribution is -2.30. The number of halogens is 1. The molecule has 1 N–H and O–H groups in total. The number of aliphatic hydroxyl groups is 1. The maximum atomic E-state index is 13.0. The van der Waals surface area contributed by atoms with Gasteiger partial charge in [-0.3, -0.25) is 8.97 Å². The van der Waals surface area contributed by atoms with Gasteiger partial charge >= 0.3 is 5.69 Å². The van der Waals surface area contributed by atoms with Crippen LogP contribution in [0.15, 0.2) is 47.5 Å². The summed E-state index contributed by atoms with van der Waals surface area (Å²) in [5.41, 5.74) is 1.27. The Bertz CT molecular complexity index is 938. The van der Waals surface area contributed by atoms with E-state index in [1.54, 1.807) is 30.6 Å². The minimum absolute atomic E-state index is 0.0854. The van der Waals surface area contributed by atoms with Gasteiger partial charge in [0.2, 0.25) is 0 Å². The first-order chi connectivity index (χ1) is 11.7. The van der Waals surface area contributed by atoms with Crippen LogP contribution in [0.5, 0.6) is 0 Å². The Morgan fingerprint density at radius 3 is 2.83 bits per heavy atom. The van der Waals surface area contributed by atoms with E-state index < -0.39 is 6.23 Å². The summed E-state index contributed by atoms with van der Waals surface area (Å²) in [6, 6.07) is 7.69. The van der Waals surface area contributed by atoms with Gasteiger partial charge in [0.05, 0.1) is 12.3 Å². The van der Waals surface area contributed by atoms with Gasteiger partial charge in [0.1, 0.15) is 23.1 Å². The molecule has 4 rings (SSSR count). The van der Waals surface area contributed by atoms with Gasteiger partial charge in [0.25, 0.3) is 0 Å².